The van der Waals surface area contributed by atoms with Gasteiger partial charge in [-0.3, -0.25) is 4.57 Å². The number of hydrogen-bond acceptors (Lipinski definition) is 7. The molecule has 9 nitrogen and oxygen atoms in total. The van der Waals surface area contributed by atoms with Crippen LogP contribution in [0.5, 0.6) is 0 Å². The highest BCUT2D eigenvalue weighted by atomic mass is 16.5. The Labute approximate surface area is 126 Å². The maximum atomic E-state index is 9.85. The predicted molar refractivity (Wildman–Crippen MR) is 78.8 cm³/mol. The third-order valence-corrected chi connectivity index (χ3v) is 3.44. The van der Waals surface area contributed by atoms with Gasteiger partial charge in [0.2, 0.25) is 0 Å². The first-order valence-corrected chi connectivity index (χ1v) is 6.92. The third-order valence-electron chi connectivity index (χ3n) is 3.44. The maximum absolute atomic E-state index is 9.85. The molecule has 1 aliphatic heterocycles. The van der Waals surface area contributed by atoms with Crippen LogP contribution >= 0.6 is 0 Å². The second-order valence-electron chi connectivity index (χ2n) is 5.34. The van der Waals surface area contributed by atoms with E-state index in [2.05, 4.69) is 19.9 Å². The summed E-state index contributed by atoms with van der Waals surface area (Å²) in [5, 5.41) is 19.0. The van der Waals surface area contributed by atoms with E-state index in [9.17, 15) is 10.2 Å². The van der Waals surface area contributed by atoms with Crippen molar-refractivity contribution in [1.29, 1.82) is 0 Å². The van der Waals surface area contributed by atoms with Gasteiger partial charge in [-0.25, -0.2) is 19.9 Å². The lowest BCUT2D eigenvalue weighted by molar-refractivity contribution is -0.0432. The van der Waals surface area contributed by atoms with Crippen LogP contribution in [0.3, 0.4) is 0 Å². The van der Waals surface area contributed by atoms with Gasteiger partial charge in [-0.05, 0) is 0 Å². The van der Waals surface area contributed by atoms with E-state index in [0.29, 0.717) is 23.4 Å². The van der Waals surface area contributed by atoms with Crippen molar-refractivity contribution >= 4 is 23.3 Å². The molecule has 0 amide bonds. The third kappa shape index (κ3) is 2.65. The number of aliphatic hydroxyl groups is 2. The highest BCUT2D eigenvalue weighted by Crippen LogP contribution is 2.31. The van der Waals surface area contributed by atoms with Crippen molar-refractivity contribution in [3.8, 4) is 0 Å². The number of fused-ring (bicyclic) bond motifs is 1. The summed E-state index contributed by atoms with van der Waals surface area (Å²) < 4.78 is 7.36. The molecule has 0 unspecified atom stereocenters. The lowest BCUT2D eigenvalue weighted by atomic mass is 10.2. The fraction of sp³-hybridized carbons (Fsp3) is 0.538. The molecule has 22 heavy (non-hydrogen) atoms. The van der Waals surface area contributed by atoms with Crippen molar-refractivity contribution in [3.63, 3.8) is 0 Å². The first-order chi connectivity index (χ1) is 10.6. The normalized spacial score (nSPS) is 25.4. The van der Waals surface area contributed by atoms with Crippen LogP contribution in [0.1, 0.15) is 12.6 Å². The molecule has 2 aromatic heterocycles. The zero-order valence-corrected chi connectivity index (χ0v) is 12.4. The number of nitrogens with zero attached hydrogens (tertiary/aromatic N) is 6. The van der Waals surface area contributed by atoms with Crippen LogP contribution < -0.4 is 0 Å². The number of aromatic nitrogens is 4. The Bertz CT molecular complexity index is 685. The van der Waals surface area contributed by atoms with Crippen LogP contribution in [0.25, 0.3) is 11.2 Å². The molecule has 1 aliphatic rings. The summed E-state index contributed by atoms with van der Waals surface area (Å²) in [6.45, 7) is -0.225. The number of aliphatic imine (C=N–C) groups is 1. The molecule has 0 aliphatic carbocycles. The fourth-order valence-corrected chi connectivity index (χ4v) is 2.37. The van der Waals surface area contributed by atoms with E-state index in [0.717, 1.165) is 0 Å². The molecule has 3 atom stereocenters. The largest absolute Gasteiger partial charge is 0.394 e. The van der Waals surface area contributed by atoms with Crippen molar-refractivity contribution in [2.75, 3.05) is 20.7 Å². The van der Waals surface area contributed by atoms with Crippen molar-refractivity contribution in [3.05, 3.63) is 12.7 Å². The summed E-state index contributed by atoms with van der Waals surface area (Å²) >= 11 is 0. The van der Waals surface area contributed by atoms with Crippen LogP contribution in [0.4, 0.5) is 5.82 Å². The zero-order valence-electron chi connectivity index (χ0n) is 12.4. The van der Waals surface area contributed by atoms with Gasteiger partial charge >= 0.3 is 0 Å². The molecule has 0 bridgehead atoms. The van der Waals surface area contributed by atoms with Gasteiger partial charge < -0.3 is 19.8 Å². The van der Waals surface area contributed by atoms with E-state index in [-0.39, 0.29) is 6.61 Å². The summed E-state index contributed by atoms with van der Waals surface area (Å²) in [6.07, 6.45) is 3.30. The van der Waals surface area contributed by atoms with E-state index in [1.807, 2.05) is 14.1 Å². The van der Waals surface area contributed by atoms with Crippen molar-refractivity contribution in [1.82, 2.24) is 24.4 Å². The van der Waals surface area contributed by atoms with Crippen LogP contribution in [0.15, 0.2) is 17.6 Å². The predicted octanol–water partition coefficient (Wildman–Crippen LogP) is -0.312. The van der Waals surface area contributed by atoms with Gasteiger partial charge in [0.25, 0.3) is 0 Å². The molecule has 2 N–H and O–H groups in total. The summed E-state index contributed by atoms with van der Waals surface area (Å²) in [5.74, 6) is 0.467. The van der Waals surface area contributed by atoms with Gasteiger partial charge in [-0.1, -0.05) is 0 Å². The minimum absolute atomic E-state index is 0.225. The lowest BCUT2D eigenvalue weighted by Crippen LogP contribution is -2.24. The molecule has 2 aromatic rings. The molecule has 0 radical (unpaired) electrons. The molecular formula is C13H18N6O3. The monoisotopic (exact) mass is 306 g/mol. The van der Waals surface area contributed by atoms with Gasteiger partial charge in [-0.2, -0.15) is 0 Å². The summed E-state index contributed by atoms with van der Waals surface area (Å²) in [6, 6.07) is 0. The van der Waals surface area contributed by atoms with Gasteiger partial charge in [-0.15, -0.1) is 0 Å². The van der Waals surface area contributed by atoms with E-state index < -0.39 is 18.4 Å². The Morgan fingerprint density at radius 2 is 2.27 bits per heavy atom. The Balaban J connectivity index is 1.95. The number of imidazole rings is 1. The molecule has 118 valence electrons. The number of aliphatic hydroxyl groups excluding tert-OH is 2. The van der Waals surface area contributed by atoms with E-state index in [4.69, 9.17) is 4.74 Å². The Morgan fingerprint density at radius 3 is 2.95 bits per heavy atom. The van der Waals surface area contributed by atoms with E-state index >= 15 is 0 Å². The second kappa shape index (κ2) is 5.95. The molecule has 9 heteroatoms. The van der Waals surface area contributed by atoms with Crippen molar-refractivity contribution < 1.29 is 14.9 Å². The second-order valence-corrected chi connectivity index (χ2v) is 5.34. The van der Waals surface area contributed by atoms with Gasteiger partial charge in [0.1, 0.15) is 18.7 Å². The van der Waals surface area contributed by atoms with E-state index in [1.165, 1.54) is 6.33 Å². The van der Waals surface area contributed by atoms with Crippen molar-refractivity contribution in [2.45, 2.75) is 24.9 Å². The SMILES string of the molecule is CN(C)/C=N/c1ncnc2c1ncn2[C@H]1C[C@H](O)[C@@H](CO)O1. The van der Waals surface area contributed by atoms with Gasteiger partial charge in [0.15, 0.2) is 17.0 Å². The summed E-state index contributed by atoms with van der Waals surface area (Å²) in [4.78, 5) is 18.7. The number of hydrogen-bond donors (Lipinski definition) is 2. The quantitative estimate of drug-likeness (QED) is 0.589. The van der Waals surface area contributed by atoms with Gasteiger partial charge in [0, 0.05) is 20.5 Å². The van der Waals surface area contributed by atoms with Crippen LogP contribution in [0, 0.1) is 0 Å². The minimum Gasteiger partial charge on any atom is -0.394 e. The number of rotatable bonds is 4. The molecule has 3 rings (SSSR count). The van der Waals surface area contributed by atoms with Crippen LogP contribution in [0.2, 0.25) is 0 Å². The highest BCUT2D eigenvalue weighted by Gasteiger charge is 2.35. The molecule has 0 saturated carbocycles. The molecule has 0 aromatic carbocycles. The van der Waals surface area contributed by atoms with Crippen LogP contribution in [-0.2, 0) is 4.74 Å². The molecule has 0 spiro atoms. The highest BCUT2D eigenvalue weighted by molar-refractivity contribution is 5.82. The first kappa shape index (κ1) is 14.8. The Kier molecular flexibility index (Phi) is 4.01. The van der Waals surface area contributed by atoms with E-state index in [1.54, 1.807) is 22.1 Å². The van der Waals surface area contributed by atoms with Gasteiger partial charge in [0.05, 0.1) is 25.4 Å². The minimum atomic E-state index is -0.708. The topological polar surface area (TPSA) is 109 Å². The lowest BCUT2D eigenvalue weighted by Gasteiger charge is -2.13. The van der Waals surface area contributed by atoms with Crippen molar-refractivity contribution in [2.24, 2.45) is 4.99 Å². The summed E-state index contributed by atoms with van der Waals surface area (Å²) in [5.41, 5.74) is 1.14. The maximum Gasteiger partial charge on any atom is 0.184 e. The molecule has 1 saturated heterocycles. The average Bonchev–Trinajstić information content (AvgIpc) is 3.08. The smallest absolute Gasteiger partial charge is 0.184 e. The molecule has 1 fully saturated rings. The molecule has 3 heterocycles. The number of ether oxygens (including phenoxy) is 1. The average molecular weight is 306 g/mol. The Morgan fingerprint density at radius 1 is 1.45 bits per heavy atom. The first-order valence-electron chi connectivity index (χ1n) is 6.92. The molecular weight excluding hydrogens is 288 g/mol. The zero-order chi connectivity index (χ0) is 15.7. The fourth-order valence-electron chi connectivity index (χ4n) is 2.37. The summed E-state index contributed by atoms with van der Waals surface area (Å²) in [7, 11) is 3.73. The Hall–Kier alpha value is -2.10. The standard InChI is InChI=1S/C13H18N6O3/c1-18(2)6-17-12-11-13(15-5-14-12)19(7-16-11)10-3-8(21)9(4-20)22-10/h5-10,20-21H,3-4H2,1-2H3/b17-6+/t8-,9+,10+/m0/s1. The van der Waals surface area contributed by atoms with Crippen LogP contribution in [-0.4, -0.2) is 73.9 Å².